The lowest BCUT2D eigenvalue weighted by molar-refractivity contribution is -0.167. The van der Waals surface area contributed by atoms with Crippen molar-refractivity contribution in [1.82, 2.24) is 25.0 Å². The molecule has 0 radical (unpaired) electrons. The van der Waals surface area contributed by atoms with E-state index in [1.54, 1.807) is 6.92 Å². The Morgan fingerprint density at radius 1 is 1.09 bits per heavy atom. The average Bonchev–Trinajstić information content (AvgIpc) is 3.21. The van der Waals surface area contributed by atoms with Crippen molar-refractivity contribution in [1.29, 1.82) is 0 Å². The summed E-state index contributed by atoms with van der Waals surface area (Å²) >= 11 is 0. The number of H-pyrrole nitrogens is 2. The number of hydrogen-bond donors (Lipinski definition) is 2. The maximum atomic E-state index is 12.4. The highest BCUT2D eigenvalue weighted by molar-refractivity contribution is 6.05. The summed E-state index contributed by atoms with van der Waals surface area (Å²) in [5.74, 6) is -1.84. The van der Waals surface area contributed by atoms with Gasteiger partial charge in [0.2, 0.25) is 0 Å². The minimum atomic E-state index is -1.17. The summed E-state index contributed by atoms with van der Waals surface area (Å²) < 4.78 is 23.2. The van der Waals surface area contributed by atoms with Gasteiger partial charge in [-0.1, -0.05) is 6.92 Å². The molecule has 0 aliphatic carbocycles. The summed E-state index contributed by atoms with van der Waals surface area (Å²) in [5, 5.41) is 10.5. The van der Waals surface area contributed by atoms with E-state index in [0.717, 1.165) is 0 Å². The van der Waals surface area contributed by atoms with E-state index in [-0.39, 0.29) is 34.8 Å². The zero-order valence-corrected chi connectivity index (χ0v) is 18.4. The molecule has 1 aliphatic heterocycles. The number of aromatic nitrogens is 5. The Hall–Kier alpha value is -4.07. The molecule has 4 rings (SSSR count). The first-order chi connectivity index (χ1) is 16.2. The van der Waals surface area contributed by atoms with Gasteiger partial charge in [0.1, 0.15) is 23.6 Å². The van der Waals surface area contributed by atoms with Crippen molar-refractivity contribution in [3.05, 3.63) is 33.1 Å². The summed E-state index contributed by atoms with van der Waals surface area (Å²) in [5.41, 5.74) is -0.900. The van der Waals surface area contributed by atoms with Gasteiger partial charge < -0.3 is 23.9 Å². The van der Waals surface area contributed by atoms with E-state index in [9.17, 15) is 24.0 Å². The van der Waals surface area contributed by atoms with Crippen LogP contribution < -0.4 is 11.1 Å². The normalized spacial score (nSPS) is 22.1. The summed E-state index contributed by atoms with van der Waals surface area (Å²) in [7, 11) is 0. The molecule has 1 aliphatic rings. The van der Waals surface area contributed by atoms with Crippen molar-refractivity contribution in [3.63, 3.8) is 0 Å². The van der Waals surface area contributed by atoms with Crippen LogP contribution in [0.2, 0.25) is 0 Å². The highest BCUT2D eigenvalue weighted by Crippen LogP contribution is 2.35. The molecular weight excluding hydrogens is 454 g/mol. The van der Waals surface area contributed by atoms with E-state index >= 15 is 0 Å². The number of carbonyl (C=O) groups excluding carboxylic acids is 3. The van der Waals surface area contributed by atoms with Crippen LogP contribution in [-0.4, -0.2) is 67.8 Å². The van der Waals surface area contributed by atoms with Crippen LogP contribution in [0.4, 0.5) is 0 Å². The predicted octanol–water partition coefficient (Wildman–Crippen LogP) is -0.325. The van der Waals surface area contributed by atoms with Crippen molar-refractivity contribution in [2.45, 2.75) is 51.7 Å². The molecular formula is C20H21N5O9. The highest BCUT2D eigenvalue weighted by atomic mass is 16.7. The largest absolute Gasteiger partial charge is 0.463 e. The zero-order chi connectivity index (χ0) is 24.6. The minimum Gasteiger partial charge on any atom is -0.463 e. The Bertz CT molecular complexity index is 1390. The lowest BCUT2D eigenvalue weighted by atomic mass is 10.1. The molecule has 14 heteroatoms. The Balaban J connectivity index is 1.83. The maximum absolute atomic E-state index is 12.4. The molecule has 1 saturated heterocycles. The summed E-state index contributed by atoms with van der Waals surface area (Å²) in [4.78, 5) is 62.4. The number of ether oxygens (including phenoxy) is 4. The molecule has 3 aromatic rings. The van der Waals surface area contributed by atoms with Gasteiger partial charge in [0, 0.05) is 25.7 Å². The van der Waals surface area contributed by atoms with Crippen LogP contribution >= 0.6 is 0 Å². The predicted molar refractivity (Wildman–Crippen MR) is 113 cm³/mol. The summed E-state index contributed by atoms with van der Waals surface area (Å²) in [6, 6.07) is 0. The van der Waals surface area contributed by atoms with E-state index in [1.165, 1.54) is 30.9 Å². The van der Waals surface area contributed by atoms with Crippen molar-refractivity contribution in [2.75, 3.05) is 6.61 Å². The van der Waals surface area contributed by atoms with E-state index in [4.69, 9.17) is 18.9 Å². The van der Waals surface area contributed by atoms with Gasteiger partial charge in [0.15, 0.2) is 18.4 Å². The number of esters is 3. The standard InChI is InChI=1S/C20H21N5O9/c1-4-13(28)34-16-12(7-31-8(2)26)33-20(17(16)32-9(3)27)25-6-11-14-10(24-25)5-21-23-19(30)15(14)18(29)22-11/h5-6,12,16-17,20H,4,7H2,1-3H3,(H,22,29)(H,23,30)/t12-,16-,17-,20-/m1/s1. The van der Waals surface area contributed by atoms with Crippen molar-refractivity contribution in [2.24, 2.45) is 0 Å². The number of nitrogens with zero attached hydrogens (tertiary/aromatic N) is 3. The first kappa shape index (κ1) is 23.1. The first-order valence-corrected chi connectivity index (χ1v) is 10.3. The van der Waals surface area contributed by atoms with Crippen LogP contribution in [0.3, 0.4) is 0 Å². The SMILES string of the molecule is CCC(=O)O[C@H]1[C@@H](OC(C)=O)[C@H](n2cc3[nH]c(=O)c4c(=O)[nH]ncc(n2)c34)O[C@@H]1COC(C)=O. The van der Waals surface area contributed by atoms with Gasteiger partial charge in [-0.05, 0) is 0 Å². The monoisotopic (exact) mass is 475 g/mol. The lowest BCUT2D eigenvalue weighted by Gasteiger charge is -2.24. The summed E-state index contributed by atoms with van der Waals surface area (Å²) in [6.07, 6.45) is -1.71. The molecule has 0 aromatic carbocycles. The maximum Gasteiger partial charge on any atom is 0.306 e. The van der Waals surface area contributed by atoms with Gasteiger partial charge in [-0.25, -0.2) is 9.78 Å². The quantitative estimate of drug-likeness (QED) is 0.351. The Kier molecular flexibility index (Phi) is 6.15. The Labute approximate surface area is 190 Å². The molecule has 0 spiro atoms. The second-order valence-corrected chi connectivity index (χ2v) is 7.56. The van der Waals surface area contributed by atoms with Gasteiger partial charge in [0.05, 0.1) is 17.9 Å². The zero-order valence-electron chi connectivity index (χ0n) is 18.4. The molecule has 180 valence electrons. The van der Waals surface area contributed by atoms with Gasteiger partial charge in [-0.15, -0.1) is 0 Å². The number of nitrogens with one attached hydrogen (secondary N) is 2. The van der Waals surface area contributed by atoms with Crippen LogP contribution in [0, 0.1) is 0 Å². The van der Waals surface area contributed by atoms with Gasteiger partial charge in [0.25, 0.3) is 11.1 Å². The van der Waals surface area contributed by atoms with E-state index in [0.29, 0.717) is 0 Å². The Morgan fingerprint density at radius 2 is 1.85 bits per heavy atom. The van der Waals surface area contributed by atoms with Crippen LogP contribution in [0.25, 0.3) is 21.8 Å². The van der Waals surface area contributed by atoms with Crippen LogP contribution in [0.1, 0.15) is 33.4 Å². The van der Waals surface area contributed by atoms with Crippen molar-refractivity contribution < 1.29 is 33.3 Å². The smallest absolute Gasteiger partial charge is 0.306 e. The Morgan fingerprint density at radius 3 is 2.53 bits per heavy atom. The van der Waals surface area contributed by atoms with E-state index in [1.807, 2.05) is 0 Å². The third-order valence-corrected chi connectivity index (χ3v) is 5.17. The molecule has 0 unspecified atom stereocenters. The molecule has 2 N–H and O–H groups in total. The highest BCUT2D eigenvalue weighted by Gasteiger charge is 2.51. The number of carbonyl (C=O) groups is 3. The van der Waals surface area contributed by atoms with Gasteiger partial charge in [-0.3, -0.25) is 24.0 Å². The minimum absolute atomic E-state index is 0.0464. The number of aromatic amines is 2. The number of hydrogen-bond acceptors (Lipinski definition) is 11. The second kappa shape index (κ2) is 9.05. The summed E-state index contributed by atoms with van der Waals surface area (Å²) in [6.45, 7) is 3.69. The van der Waals surface area contributed by atoms with Crippen LogP contribution in [0.5, 0.6) is 0 Å². The third-order valence-electron chi connectivity index (χ3n) is 5.17. The third kappa shape index (κ3) is 4.26. The van der Waals surface area contributed by atoms with E-state index in [2.05, 4.69) is 20.3 Å². The molecule has 14 nitrogen and oxygen atoms in total. The molecule has 1 fully saturated rings. The van der Waals surface area contributed by atoms with E-state index < -0.39 is 53.6 Å². The fraction of sp³-hybridized carbons (Fsp3) is 0.450. The molecule has 0 amide bonds. The molecule has 34 heavy (non-hydrogen) atoms. The fourth-order valence-corrected chi connectivity index (χ4v) is 3.79. The topological polar surface area (TPSA) is 185 Å². The van der Waals surface area contributed by atoms with Crippen LogP contribution in [0.15, 0.2) is 22.0 Å². The van der Waals surface area contributed by atoms with Crippen molar-refractivity contribution in [3.8, 4) is 0 Å². The lowest BCUT2D eigenvalue weighted by Crippen LogP contribution is -2.41. The van der Waals surface area contributed by atoms with Crippen molar-refractivity contribution >= 4 is 39.7 Å². The second-order valence-electron chi connectivity index (χ2n) is 7.56. The average molecular weight is 475 g/mol. The van der Waals surface area contributed by atoms with Gasteiger partial charge >= 0.3 is 17.9 Å². The van der Waals surface area contributed by atoms with Crippen LogP contribution in [-0.2, 0) is 33.3 Å². The fourth-order valence-electron chi connectivity index (χ4n) is 3.79. The first-order valence-electron chi connectivity index (χ1n) is 10.3. The molecule has 3 aromatic heterocycles. The molecule has 4 atom stereocenters. The molecule has 4 heterocycles. The molecule has 0 saturated carbocycles. The number of rotatable bonds is 6. The van der Waals surface area contributed by atoms with Gasteiger partial charge in [-0.2, -0.15) is 10.2 Å². The molecule has 0 bridgehead atoms.